The normalized spacial score (nSPS) is 10.2. The SMILES string of the molecule is COc1cc(C(=O)NCC(=O)Nc2cccnc2)ccc1OCc1ccc(Cl)cc1. The quantitative estimate of drug-likeness (QED) is 0.574. The summed E-state index contributed by atoms with van der Waals surface area (Å²) in [5.41, 5.74) is 1.85. The topological polar surface area (TPSA) is 89.5 Å². The van der Waals surface area contributed by atoms with Crippen molar-refractivity contribution < 1.29 is 19.1 Å². The molecule has 3 rings (SSSR count). The van der Waals surface area contributed by atoms with Crippen LogP contribution >= 0.6 is 11.6 Å². The molecule has 2 aromatic carbocycles. The van der Waals surface area contributed by atoms with E-state index in [-0.39, 0.29) is 12.5 Å². The van der Waals surface area contributed by atoms with Gasteiger partial charge in [0.1, 0.15) is 6.61 Å². The summed E-state index contributed by atoms with van der Waals surface area (Å²) in [6, 6.07) is 15.5. The number of ether oxygens (including phenoxy) is 2. The molecule has 8 heteroatoms. The van der Waals surface area contributed by atoms with Crippen LogP contribution in [0.5, 0.6) is 11.5 Å². The molecule has 0 saturated carbocycles. The summed E-state index contributed by atoms with van der Waals surface area (Å²) in [6.07, 6.45) is 3.13. The average Bonchev–Trinajstić information content (AvgIpc) is 2.77. The summed E-state index contributed by atoms with van der Waals surface area (Å²) in [5, 5.41) is 5.87. The third-order valence-electron chi connectivity index (χ3n) is 4.09. The number of carbonyl (C=O) groups excluding carboxylic acids is 2. The molecule has 1 heterocycles. The third-order valence-corrected chi connectivity index (χ3v) is 4.34. The summed E-state index contributed by atoms with van der Waals surface area (Å²) < 4.78 is 11.1. The zero-order valence-corrected chi connectivity index (χ0v) is 17.0. The minimum Gasteiger partial charge on any atom is -0.493 e. The molecule has 0 bridgehead atoms. The Morgan fingerprint density at radius 2 is 1.87 bits per heavy atom. The van der Waals surface area contributed by atoms with Crippen molar-refractivity contribution in [3.8, 4) is 11.5 Å². The first-order valence-corrected chi connectivity index (χ1v) is 9.46. The zero-order chi connectivity index (χ0) is 21.3. The summed E-state index contributed by atoms with van der Waals surface area (Å²) >= 11 is 5.88. The van der Waals surface area contributed by atoms with Crippen LogP contribution in [0.3, 0.4) is 0 Å². The van der Waals surface area contributed by atoms with E-state index in [1.165, 1.54) is 13.3 Å². The van der Waals surface area contributed by atoms with Crippen molar-refractivity contribution in [1.82, 2.24) is 10.3 Å². The van der Waals surface area contributed by atoms with Gasteiger partial charge >= 0.3 is 0 Å². The van der Waals surface area contributed by atoms with Gasteiger partial charge in [-0.15, -0.1) is 0 Å². The van der Waals surface area contributed by atoms with Crippen molar-refractivity contribution in [2.75, 3.05) is 19.0 Å². The molecule has 7 nitrogen and oxygen atoms in total. The van der Waals surface area contributed by atoms with Crippen LogP contribution in [0.15, 0.2) is 67.0 Å². The van der Waals surface area contributed by atoms with E-state index in [0.29, 0.717) is 34.4 Å². The minimum atomic E-state index is -0.404. The number of nitrogens with zero attached hydrogens (tertiary/aromatic N) is 1. The van der Waals surface area contributed by atoms with Crippen LogP contribution in [0.4, 0.5) is 5.69 Å². The van der Waals surface area contributed by atoms with Gasteiger partial charge in [-0.1, -0.05) is 23.7 Å². The number of amides is 2. The zero-order valence-electron chi connectivity index (χ0n) is 16.2. The second kappa shape index (κ2) is 10.3. The highest BCUT2D eigenvalue weighted by atomic mass is 35.5. The van der Waals surface area contributed by atoms with Crippen LogP contribution in [-0.4, -0.2) is 30.5 Å². The van der Waals surface area contributed by atoms with Crippen molar-refractivity contribution in [3.05, 3.63) is 83.1 Å². The Kier molecular flexibility index (Phi) is 7.24. The van der Waals surface area contributed by atoms with E-state index in [2.05, 4.69) is 15.6 Å². The van der Waals surface area contributed by atoms with Gasteiger partial charge in [-0.25, -0.2) is 0 Å². The van der Waals surface area contributed by atoms with Crippen LogP contribution in [0.25, 0.3) is 0 Å². The lowest BCUT2D eigenvalue weighted by atomic mass is 10.2. The summed E-state index contributed by atoms with van der Waals surface area (Å²) in [5.74, 6) is 0.153. The maximum absolute atomic E-state index is 12.4. The average molecular weight is 426 g/mol. The lowest BCUT2D eigenvalue weighted by Gasteiger charge is -2.12. The van der Waals surface area contributed by atoms with Crippen LogP contribution in [-0.2, 0) is 11.4 Å². The van der Waals surface area contributed by atoms with Crippen LogP contribution in [0.1, 0.15) is 15.9 Å². The second-order valence-electron chi connectivity index (χ2n) is 6.25. The maximum atomic E-state index is 12.4. The van der Waals surface area contributed by atoms with Crippen LogP contribution in [0, 0.1) is 0 Å². The summed E-state index contributed by atoms with van der Waals surface area (Å²) in [6.45, 7) is 0.151. The number of hydrogen-bond donors (Lipinski definition) is 2. The first-order chi connectivity index (χ1) is 14.5. The fourth-order valence-electron chi connectivity index (χ4n) is 2.57. The Bertz CT molecular complexity index is 1010. The van der Waals surface area contributed by atoms with Crippen molar-refractivity contribution in [3.63, 3.8) is 0 Å². The van der Waals surface area contributed by atoms with E-state index in [0.717, 1.165) is 5.56 Å². The van der Waals surface area contributed by atoms with E-state index in [1.54, 1.807) is 48.7 Å². The number of rotatable bonds is 8. The largest absolute Gasteiger partial charge is 0.493 e. The molecule has 0 atom stereocenters. The number of halogens is 1. The van der Waals surface area contributed by atoms with E-state index in [9.17, 15) is 9.59 Å². The van der Waals surface area contributed by atoms with Gasteiger partial charge in [0.25, 0.3) is 5.91 Å². The molecule has 3 aromatic rings. The Labute approximate surface area is 179 Å². The highest BCUT2D eigenvalue weighted by molar-refractivity contribution is 6.30. The summed E-state index contributed by atoms with van der Waals surface area (Å²) in [7, 11) is 1.49. The van der Waals surface area contributed by atoms with Gasteiger partial charge in [0.2, 0.25) is 5.91 Å². The molecule has 0 unspecified atom stereocenters. The highest BCUT2D eigenvalue weighted by Crippen LogP contribution is 2.29. The molecule has 0 spiro atoms. The van der Waals surface area contributed by atoms with Gasteiger partial charge in [0, 0.05) is 16.8 Å². The van der Waals surface area contributed by atoms with Gasteiger partial charge in [0.05, 0.1) is 25.5 Å². The molecule has 0 radical (unpaired) electrons. The van der Waals surface area contributed by atoms with Crippen LogP contribution in [0.2, 0.25) is 5.02 Å². The molecular weight excluding hydrogens is 406 g/mol. The Morgan fingerprint density at radius 3 is 2.57 bits per heavy atom. The molecule has 154 valence electrons. The number of anilines is 1. The fraction of sp³-hybridized carbons (Fsp3) is 0.136. The Morgan fingerprint density at radius 1 is 1.07 bits per heavy atom. The molecule has 2 amide bonds. The van der Waals surface area contributed by atoms with Gasteiger partial charge in [-0.05, 0) is 48.0 Å². The third kappa shape index (κ3) is 5.96. The molecule has 0 saturated heterocycles. The molecule has 30 heavy (non-hydrogen) atoms. The van der Waals surface area contributed by atoms with E-state index >= 15 is 0 Å². The number of pyridine rings is 1. The first-order valence-electron chi connectivity index (χ1n) is 9.08. The minimum absolute atomic E-state index is 0.176. The van der Waals surface area contributed by atoms with Crippen molar-refractivity contribution in [1.29, 1.82) is 0 Å². The number of nitrogens with one attached hydrogen (secondary N) is 2. The fourth-order valence-corrected chi connectivity index (χ4v) is 2.70. The molecule has 0 fully saturated rings. The number of methoxy groups -OCH3 is 1. The Balaban J connectivity index is 1.57. The molecule has 1 aromatic heterocycles. The molecule has 0 aliphatic heterocycles. The van der Waals surface area contributed by atoms with E-state index < -0.39 is 5.91 Å². The summed E-state index contributed by atoms with van der Waals surface area (Å²) in [4.78, 5) is 28.3. The van der Waals surface area contributed by atoms with Crippen LogP contribution < -0.4 is 20.1 Å². The van der Waals surface area contributed by atoms with Gasteiger partial charge in [-0.2, -0.15) is 0 Å². The van der Waals surface area contributed by atoms with Gasteiger partial charge in [0.15, 0.2) is 11.5 Å². The van der Waals surface area contributed by atoms with Crippen molar-refractivity contribution in [2.24, 2.45) is 0 Å². The first kappa shape index (κ1) is 21.1. The lowest BCUT2D eigenvalue weighted by Crippen LogP contribution is -2.32. The highest BCUT2D eigenvalue weighted by Gasteiger charge is 2.13. The number of aromatic nitrogens is 1. The molecule has 2 N–H and O–H groups in total. The van der Waals surface area contributed by atoms with Crippen molar-refractivity contribution >= 4 is 29.1 Å². The number of carbonyl (C=O) groups is 2. The lowest BCUT2D eigenvalue weighted by molar-refractivity contribution is -0.115. The predicted octanol–water partition coefficient (Wildman–Crippen LogP) is 3.69. The van der Waals surface area contributed by atoms with E-state index in [1.807, 2.05) is 12.1 Å². The number of hydrogen-bond acceptors (Lipinski definition) is 5. The molecular formula is C22H20ClN3O4. The number of benzene rings is 2. The maximum Gasteiger partial charge on any atom is 0.251 e. The van der Waals surface area contributed by atoms with Crippen molar-refractivity contribution in [2.45, 2.75) is 6.61 Å². The van der Waals surface area contributed by atoms with Gasteiger partial charge < -0.3 is 20.1 Å². The van der Waals surface area contributed by atoms with Gasteiger partial charge in [-0.3, -0.25) is 14.6 Å². The van der Waals surface area contributed by atoms with E-state index in [4.69, 9.17) is 21.1 Å². The standard InChI is InChI=1S/C22H20ClN3O4/c1-29-20-11-16(6-9-19(20)30-14-15-4-7-17(23)8-5-15)22(28)25-13-21(27)26-18-3-2-10-24-12-18/h2-12H,13-14H2,1H3,(H,25,28)(H,26,27). The second-order valence-corrected chi connectivity index (χ2v) is 6.69. The molecule has 0 aliphatic rings. The monoisotopic (exact) mass is 425 g/mol. The Hall–Kier alpha value is -3.58. The smallest absolute Gasteiger partial charge is 0.251 e. The molecule has 0 aliphatic carbocycles. The predicted molar refractivity (Wildman–Crippen MR) is 114 cm³/mol.